The van der Waals surface area contributed by atoms with Gasteiger partial charge in [0.1, 0.15) is 0 Å². The van der Waals surface area contributed by atoms with E-state index in [-0.39, 0.29) is 10.8 Å². The SMILES string of the molecule is C=CC1=C(C=C)C(C)(C)c2cc3c(cc21)C(C)(C)c1cc(-c2ccc4c(c2)Cc2ccccc2N4/C(C=C)=C/C(=C)/C(C)=c2\cccc\c2=C\C)ccc1-3. The number of allylic oxidation sites excluding steroid dienone is 7. The number of rotatable bonds is 7. The zero-order valence-electron chi connectivity index (χ0n) is 32.6. The van der Waals surface area contributed by atoms with Crippen molar-refractivity contribution in [3.05, 3.63) is 208 Å². The Hall–Kier alpha value is -5.92. The van der Waals surface area contributed by atoms with E-state index in [9.17, 15) is 0 Å². The van der Waals surface area contributed by atoms with Gasteiger partial charge in [-0.05, 0) is 151 Å². The summed E-state index contributed by atoms with van der Waals surface area (Å²) in [4.78, 5) is 2.36. The molecular weight excluding hydrogens is 651 g/mol. The second kappa shape index (κ2) is 12.9. The normalized spacial score (nSPS) is 16.9. The van der Waals surface area contributed by atoms with Gasteiger partial charge in [-0.3, -0.25) is 0 Å². The van der Waals surface area contributed by atoms with Gasteiger partial charge in [-0.15, -0.1) is 0 Å². The van der Waals surface area contributed by atoms with Gasteiger partial charge in [0, 0.05) is 34.3 Å². The number of benzene rings is 5. The highest BCUT2D eigenvalue weighted by molar-refractivity contribution is 5.93. The molecule has 5 aromatic rings. The van der Waals surface area contributed by atoms with Crippen molar-refractivity contribution in [1.29, 1.82) is 0 Å². The molecule has 1 heterocycles. The fraction of sp³-hybridized carbons (Fsp3) is 0.170. The van der Waals surface area contributed by atoms with Crippen LogP contribution in [0.15, 0.2) is 165 Å². The second-order valence-electron chi connectivity index (χ2n) is 16.0. The quantitative estimate of drug-likeness (QED) is 0.153. The molecule has 1 heteroatoms. The van der Waals surface area contributed by atoms with Crippen LogP contribution >= 0.6 is 0 Å². The highest BCUT2D eigenvalue weighted by Crippen LogP contribution is 2.55. The van der Waals surface area contributed by atoms with Gasteiger partial charge in [0.25, 0.3) is 0 Å². The van der Waals surface area contributed by atoms with Crippen molar-refractivity contribution in [2.24, 2.45) is 0 Å². The van der Waals surface area contributed by atoms with Crippen LogP contribution in [0, 0.1) is 0 Å². The molecule has 0 spiro atoms. The summed E-state index contributed by atoms with van der Waals surface area (Å²) in [6, 6.07) is 36.2. The van der Waals surface area contributed by atoms with Crippen LogP contribution < -0.4 is 15.3 Å². The van der Waals surface area contributed by atoms with E-state index >= 15 is 0 Å². The highest BCUT2D eigenvalue weighted by Gasteiger charge is 2.41. The maximum atomic E-state index is 4.54. The average Bonchev–Trinajstić information content (AvgIpc) is 3.55. The van der Waals surface area contributed by atoms with Gasteiger partial charge in [0.05, 0.1) is 0 Å². The first-order valence-electron chi connectivity index (χ1n) is 19.1. The van der Waals surface area contributed by atoms with Crippen LogP contribution in [-0.2, 0) is 17.3 Å². The molecule has 1 nitrogen and oxygen atoms in total. The predicted octanol–water partition coefficient (Wildman–Crippen LogP) is 12.4. The molecule has 3 aliphatic rings. The summed E-state index contributed by atoms with van der Waals surface area (Å²) >= 11 is 0. The lowest BCUT2D eigenvalue weighted by Crippen LogP contribution is -2.26. The first-order chi connectivity index (χ1) is 25.9. The monoisotopic (exact) mass is 699 g/mol. The molecule has 0 unspecified atom stereocenters. The summed E-state index contributed by atoms with van der Waals surface area (Å²) in [6.45, 7) is 30.8. The molecule has 1 aliphatic heterocycles. The third-order valence-electron chi connectivity index (χ3n) is 12.4. The summed E-state index contributed by atoms with van der Waals surface area (Å²) in [6.07, 6.45) is 11.2. The highest BCUT2D eigenvalue weighted by atomic mass is 15.2. The van der Waals surface area contributed by atoms with Crippen molar-refractivity contribution in [2.75, 3.05) is 4.90 Å². The van der Waals surface area contributed by atoms with Crippen molar-refractivity contribution < 1.29 is 0 Å². The van der Waals surface area contributed by atoms with Crippen LogP contribution in [-0.4, -0.2) is 0 Å². The summed E-state index contributed by atoms with van der Waals surface area (Å²) in [7, 11) is 0. The fourth-order valence-corrected chi connectivity index (χ4v) is 9.29. The van der Waals surface area contributed by atoms with Gasteiger partial charge in [0.15, 0.2) is 0 Å². The number of fused-ring (bicyclic) bond motifs is 6. The van der Waals surface area contributed by atoms with E-state index in [1.807, 2.05) is 18.2 Å². The first kappa shape index (κ1) is 35.1. The van der Waals surface area contributed by atoms with E-state index < -0.39 is 0 Å². The van der Waals surface area contributed by atoms with E-state index in [0.717, 1.165) is 23.3 Å². The number of para-hydroxylation sites is 1. The standard InChI is InChI=1S/C53H49N/c1-11-35-19-15-17-21-42(35)34(6)33(5)27-40(12-2)54-50-22-18-16-20-38(50)29-39-28-36(24-26-51(39)54)37-23-25-43-45-32-48-44(31-49(45)53(9,10)47(43)30-37)41(13-3)46(14-4)52(48,7)8/h11-28,30-32H,2-5,29H2,1,6-10H3/b35-11-,40-27+,42-34+. The Bertz CT molecular complexity index is 2670. The Kier molecular flexibility index (Phi) is 8.38. The fourth-order valence-electron chi connectivity index (χ4n) is 9.29. The number of hydrogen-bond acceptors (Lipinski definition) is 1. The molecule has 54 heavy (non-hydrogen) atoms. The maximum absolute atomic E-state index is 4.54. The zero-order chi connectivity index (χ0) is 38.1. The minimum absolute atomic E-state index is 0.123. The molecule has 0 N–H and O–H groups in total. The topological polar surface area (TPSA) is 3.24 Å². The van der Waals surface area contributed by atoms with Crippen LogP contribution in [0.4, 0.5) is 11.4 Å². The Balaban J connectivity index is 1.20. The molecular formula is C53H49N. The summed E-state index contributed by atoms with van der Waals surface area (Å²) < 4.78 is 0. The van der Waals surface area contributed by atoms with Crippen molar-refractivity contribution in [2.45, 2.75) is 58.8 Å². The molecule has 0 aromatic heterocycles. The number of anilines is 2. The largest absolute Gasteiger partial charge is 0.310 e. The summed E-state index contributed by atoms with van der Waals surface area (Å²) in [5.74, 6) is 0. The second-order valence-corrected chi connectivity index (χ2v) is 16.0. The Morgan fingerprint density at radius 1 is 0.667 bits per heavy atom. The van der Waals surface area contributed by atoms with Crippen molar-refractivity contribution in [3.8, 4) is 22.3 Å². The Morgan fingerprint density at radius 2 is 1.31 bits per heavy atom. The molecule has 0 saturated heterocycles. The van der Waals surface area contributed by atoms with Gasteiger partial charge in [-0.1, -0.05) is 133 Å². The molecule has 0 radical (unpaired) electrons. The third kappa shape index (κ3) is 5.21. The van der Waals surface area contributed by atoms with E-state index in [4.69, 9.17) is 0 Å². The molecule has 0 fully saturated rings. The van der Waals surface area contributed by atoms with Crippen molar-refractivity contribution >= 4 is 28.6 Å². The van der Waals surface area contributed by atoms with Crippen LogP contribution in [0.25, 0.3) is 39.5 Å². The average molecular weight is 700 g/mol. The Morgan fingerprint density at radius 3 is 2.06 bits per heavy atom. The van der Waals surface area contributed by atoms with Crippen molar-refractivity contribution in [1.82, 2.24) is 0 Å². The summed E-state index contributed by atoms with van der Waals surface area (Å²) in [5, 5.41) is 2.40. The summed E-state index contributed by atoms with van der Waals surface area (Å²) in [5.41, 5.74) is 20.8. The molecule has 5 aromatic carbocycles. The van der Waals surface area contributed by atoms with Crippen LogP contribution in [0.1, 0.15) is 74.9 Å². The van der Waals surface area contributed by atoms with Crippen LogP contribution in [0.2, 0.25) is 0 Å². The van der Waals surface area contributed by atoms with Crippen molar-refractivity contribution in [3.63, 3.8) is 0 Å². The van der Waals surface area contributed by atoms with Gasteiger partial charge >= 0.3 is 0 Å². The van der Waals surface area contributed by atoms with E-state index in [2.05, 4.69) is 182 Å². The third-order valence-corrected chi connectivity index (χ3v) is 12.4. The molecule has 2 aliphatic carbocycles. The minimum Gasteiger partial charge on any atom is -0.310 e. The first-order valence-corrected chi connectivity index (χ1v) is 19.1. The van der Waals surface area contributed by atoms with E-state index in [1.54, 1.807) is 0 Å². The number of hydrogen-bond donors (Lipinski definition) is 0. The van der Waals surface area contributed by atoms with Gasteiger partial charge < -0.3 is 4.90 Å². The van der Waals surface area contributed by atoms with Crippen LogP contribution in [0.3, 0.4) is 0 Å². The molecule has 0 atom stereocenters. The van der Waals surface area contributed by atoms with E-state index in [1.165, 1.54) is 88.6 Å². The predicted molar refractivity (Wildman–Crippen MR) is 234 cm³/mol. The van der Waals surface area contributed by atoms with Gasteiger partial charge in [-0.2, -0.15) is 0 Å². The number of nitrogens with zero attached hydrogens (tertiary/aromatic N) is 1. The van der Waals surface area contributed by atoms with Gasteiger partial charge in [0.2, 0.25) is 0 Å². The molecule has 0 saturated carbocycles. The molecule has 266 valence electrons. The molecule has 0 amide bonds. The Labute approximate surface area is 321 Å². The molecule has 8 rings (SSSR count). The lowest BCUT2D eigenvalue weighted by Gasteiger charge is -2.34. The lowest BCUT2D eigenvalue weighted by atomic mass is 9.78. The smallest absolute Gasteiger partial charge is 0.0497 e. The lowest BCUT2D eigenvalue weighted by molar-refractivity contribution is 0.647. The zero-order valence-corrected chi connectivity index (χ0v) is 32.6. The minimum atomic E-state index is -0.149. The van der Waals surface area contributed by atoms with Gasteiger partial charge in [-0.25, -0.2) is 0 Å². The molecule has 0 bridgehead atoms. The van der Waals surface area contributed by atoms with Crippen LogP contribution in [0.5, 0.6) is 0 Å². The maximum Gasteiger partial charge on any atom is 0.0497 e. The van der Waals surface area contributed by atoms with E-state index in [0.29, 0.717) is 0 Å².